The van der Waals surface area contributed by atoms with Crippen molar-refractivity contribution in [2.75, 3.05) is 5.32 Å². The lowest BCUT2D eigenvalue weighted by molar-refractivity contribution is 0.722. The molecule has 0 bridgehead atoms. The molecule has 0 amide bonds. The molecule has 2 aromatic rings. The van der Waals surface area contributed by atoms with Gasteiger partial charge in [0.15, 0.2) is 5.11 Å². The number of halogens is 1. The smallest absolute Gasteiger partial charge is 0.171 e. The number of nitrogens with one attached hydrogen (secondary N) is 2. The van der Waals surface area contributed by atoms with E-state index in [9.17, 15) is 0 Å². The third-order valence-corrected chi connectivity index (χ3v) is 3.54. The van der Waals surface area contributed by atoms with E-state index in [1.807, 2.05) is 55.5 Å². The van der Waals surface area contributed by atoms with Crippen molar-refractivity contribution < 1.29 is 0 Å². The van der Waals surface area contributed by atoms with Crippen LogP contribution < -0.4 is 10.6 Å². The number of anilines is 1. The van der Waals surface area contributed by atoms with Crippen molar-refractivity contribution in [1.29, 1.82) is 0 Å². The molecular formula is C16H17ClN2S. The zero-order chi connectivity index (χ0) is 14.5. The van der Waals surface area contributed by atoms with E-state index < -0.39 is 0 Å². The van der Waals surface area contributed by atoms with Gasteiger partial charge in [-0.15, -0.1) is 0 Å². The fraction of sp³-hybridized carbons (Fsp3) is 0.188. The van der Waals surface area contributed by atoms with Crippen LogP contribution in [0.25, 0.3) is 0 Å². The molecule has 0 aliphatic heterocycles. The Morgan fingerprint density at radius 1 is 1.15 bits per heavy atom. The molecule has 0 aromatic heterocycles. The Bertz CT molecular complexity index is 613. The average molecular weight is 305 g/mol. The zero-order valence-corrected chi connectivity index (χ0v) is 13.1. The van der Waals surface area contributed by atoms with Crippen LogP contribution in [-0.2, 0) is 0 Å². The van der Waals surface area contributed by atoms with Crippen LogP contribution in [0, 0.1) is 6.92 Å². The Kier molecular flexibility index (Phi) is 4.99. The van der Waals surface area contributed by atoms with E-state index in [-0.39, 0.29) is 6.04 Å². The van der Waals surface area contributed by atoms with Gasteiger partial charge in [0.05, 0.1) is 6.04 Å². The molecule has 2 nitrogen and oxygen atoms in total. The molecule has 0 heterocycles. The van der Waals surface area contributed by atoms with E-state index in [0.717, 1.165) is 21.8 Å². The van der Waals surface area contributed by atoms with Crippen LogP contribution in [0.1, 0.15) is 24.1 Å². The van der Waals surface area contributed by atoms with Gasteiger partial charge in [0.25, 0.3) is 0 Å². The van der Waals surface area contributed by atoms with Gasteiger partial charge in [-0.2, -0.15) is 0 Å². The van der Waals surface area contributed by atoms with Crippen molar-refractivity contribution in [1.82, 2.24) is 5.32 Å². The summed E-state index contributed by atoms with van der Waals surface area (Å²) in [6.07, 6.45) is 0. The van der Waals surface area contributed by atoms with Crippen LogP contribution in [0.3, 0.4) is 0 Å². The lowest BCUT2D eigenvalue weighted by atomic mass is 10.1. The van der Waals surface area contributed by atoms with E-state index in [1.165, 1.54) is 0 Å². The molecule has 4 heteroatoms. The molecule has 0 saturated carbocycles. The van der Waals surface area contributed by atoms with Gasteiger partial charge in [0, 0.05) is 10.7 Å². The minimum Gasteiger partial charge on any atom is -0.356 e. The number of benzene rings is 2. The fourth-order valence-corrected chi connectivity index (χ4v) is 2.41. The number of rotatable bonds is 3. The van der Waals surface area contributed by atoms with Crippen LogP contribution >= 0.6 is 23.8 Å². The van der Waals surface area contributed by atoms with Gasteiger partial charge in [0.2, 0.25) is 0 Å². The second kappa shape index (κ2) is 6.73. The number of hydrogen-bond acceptors (Lipinski definition) is 1. The van der Waals surface area contributed by atoms with Gasteiger partial charge in [0.1, 0.15) is 0 Å². The Hall–Kier alpha value is -1.58. The average Bonchev–Trinajstić information content (AvgIpc) is 2.41. The summed E-state index contributed by atoms with van der Waals surface area (Å²) in [5.41, 5.74) is 3.28. The number of thiocarbonyl (C=S) groups is 1. The molecule has 0 fully saturated rings. The summed E-state index contributed by atoms with van der Waals surface area (Å²) >= 11 is 11.3. The molecule has 0 aliphatic rings. The summed E-state index contributed by atoms with van der Waals surface area (Å²) in [5, 5.41) is 7.81. The van der Waals surface area contributed by atoms with Gasteiger partial charge >= 0.3 is 0 Å². The van der Waals surface area contributed by atoms with Gasteiger partial charge in [-0.05, 0) is 55.4 Å². The predicted molar refractivity (Wildman–Crippen MR) is 90.4 cm³/mol. The predicted octanol–water partition coefficient (Wildman–Crippen LogP) is 4.70. The highest BCUT2D eigenvalue weighted by Gasteiger charge is 2.08. The molecule has 0 aliphatic carbocycles. The molecule has 0 unspecified atom stereocenters. The van der Waals surface area contributed by atoms with Crippen LogP contribution in [0.5, 0.6) is 0 Å². The maximum absolute atomic E-state index is 6.00. The van der Waals surface area contributed by atoms with Crippen molar-refractivity contribution in [3.8, 4) is 0 Å². The second-order valence-electron chi connectivity index (χ2n) is 4.69. The molecule has 0 saturated heterocycles. The highest BCUT2D eigenvalue weighted by Crippen LogP contribution is 2.18. The number of aryl methyl sites for hydroxylation is 1. The highest BCUT2D eigenvalue weighted by molar-refractivity contribution is 7.80. The summed E-state index contributed by atoms with van der Waals surface area (Å²) in [5.74, 6) is 0. The van der Waals surface area contributed by atoms with Crippen molar-refractivity contribution in [2.24, 2.45) is 0 Å². The Labute approximate surface area is 130 Å². The normalized spacial score (nSPS) is 11.8. The molecule has 2 aromatic carbocycles. The molecule has 20 heavy (non-hydrogen) atoms. The van der Waals surface area contributed by atoms with Crippen molar-refractivity contribution in [3.63, 3.8) is 0 Å². The minimum atomic E-state index is 0.0951. The first-order chi connectivity index (χ1) is 9.56. The summed E-state index contributed by atoms with van der Waals surface area (Å²) < 4.78 is 0. The van der Waals surface area contributed by atoms with Crippen molar-refractivity contribution in [2.45, 2.75) is 19.9 Å². The Morgan fingerprint density at radius 2 is 1.90 bits per heavy atom. The maximum atomic E-state index is 6.00. The van der Waals surface area contributed by atoms with E-state index in [2.05, 4.69) is 17.6 Å². The molecule has 2 rings (SSSR count). The van der Waals surface area contributed by atoms with E-state index in [1.54, 1.807) is 0 Å². The van der Waals surface area contributed by atoms with Crippen LogP contribution in [-0.4, -0.2) is 5.11 Å². The zero-order valence-electron chi connectivity index (χ0n) is 11.5. The second-order valence-corrected chi connectivity index (χ2v) is 5.53. The molecular weight excluding hydrogens is 288 g/mol. The lowest BCUT2D eigenvalue weighted by Crippen LogP contribution is -2.31. The first-order valence-corrected chi connectivity index (χ1v) is 7.23. The monoisotopic (exact) mass is 304 g/mol. The van der Waals surface area contributed by atoms with Gasteiger partial charge in [-0.25, -0.2) is 0 Å². The fourth-order valence-electron chi connectivity index (χ4n) is 1.93. The minimum absolute atomic E-state index is 0.0951. The summed E-state index contributed by atoms with van der Waals surface area (Å²) in [6.45, 7) is 4.10. The van der Waals surface area contributed by atoms with Gasteiger partial charge < -0.3 is 10.6 Å². The van der Waals surface area contributed by atoms with Gasteiger partial charge in [-0.1, -0.05) is 41.9 Å². The molecule has 0 spiro atoms. The Morgan fingerprint density at radius 3 is 2.60 bits per heavy atom. The van der Waals surface area contributed by atoms with Gasteiger partial charge in [-0.3, -0.25) is 0 Å². The largest absolute Gasteiger partial charge is 0.356 e. The third-order valence-electron chi connectivity index (χ3n) is 3.09. The molecule has 2 N–H and O–H groups in total. The first-order valence-electron chi connectivity index (χ1n) is 6.45. The summed E-state index contributed by atoms with van der Waals surface area (Å²) in [7, 11) is 0. The lowest BCUT2D eigenvalue weighted by Gasteiger charge is -2.18. The van der Waals surface area contributed by atoms with Crippen LogP contribution in [0.2, 0.25) is 5.02 Å². The molecule has 1 atom stereocenters. The van der Waals surface area contributed by atoms with Crippen LogP contribution in [0.4, 0.5) is 5.69 Å². The molecule has 0 radical (unpaired) electrons. The van der Waals surface area contributed by atoms with Crippen molar-refractivity contribution >= 4 is 34.6 Å². The SMILES string of the molecule is Cc1ccccc1NC(=S)N[C@H](C)c1cccc(Cl)c1. The van der Waals surface area contributed by atoms with Crippen molar-refractivity contribution in [3.05, 3.63) is 64.7 Å². The quantitative estimate of drug-likeness (QED) is 0.804. The molecule has 104 valence electrons. The maximum Gasteiger partial charge on any atom is 0.171 e. The third kappa shape index (κ3) is 3.95. The van der Waals surface area contributed by atoms with E-state index in [0.29, 0.717) is 5.11 Å². The number of para-hydroxylation sites is 1. The van der Waals surface area contributed by atoms with E-state index in [4.69, 9.17) is 23.8 Å². The van der Waals surface area contributed by atoms with Crippen LogP contribution in [0.15, 0.2) is 48.5 Å². The highest BCUT2D eigenvalue weighted by atomic mass is 35.5. The number of hydrogen-bond donors (Lipinski definition) is 2. The summed E-state index contributed by atoms with van der Waals surface area (Å²) in [4.78, 5) is 0. The topological polar surface area (TPSA) is 24.1 Å². The summed E-state index contributed by atoms with van der Waals surface area (Å²) in [6, 6.07) is 15.9. The van der Waals surface area contributed by atoms with E-state index >= 15 is 0 Å². The Balaban J connectivity index is 2.00. The standard InChI is InChI=1S/C16H17ClN2S/c1-11-6-3-4-9-15(11)19-16(20)18-12(2)13-7-5-8-14(17)10-13/h3-10,12H,1-2H3,(H2,18,19,20)/t12-/m1/s1. The first kappa shape index (κ1) is 14.8.